The molecular formula is C22H16N6O2. The maximum Gasteiger partial charge on any atom is 0.281 e. The number of nitrogens with zero attached hydrogens (tertiary/aromatic N) is 4. The number of H-pyrrole nitrogens is 1. The number of pyridine rings is 1. The number of hydrogen-bond acceptors (Lipinski definition) is 6. The molecule has 0 saturated heterocycles. The number of ether oxygens (including phenoxy) is 1. The third-order valence-corrected chi connectivity index (χ3v) is 5.28. The molecule has 0 aliphatic carbocycles. The summed E-state index contributed by atoms with van der Waals surface area (Å²) in [6, 6.07) is 13.2. The van der Waals surface area contributed by atoms with Crippen LogP contribution in [0, 0.1) is 18.3 Å². The summed E-state index contributed by atoms with van der Waals surface area (Å²) >= 11 is 0. The van der Waals surface area contributed by atoms with Gasteiger partial charge in [0.25, 0.3) is 5.91 Å². The van der Waals surface area contributed by atoms with Crippen LogP contribution >= 0.6 is 0 Å². The Bertz CT molecular complexity index is 1370. The van der Waals surface area contributed by atoms with Crippen LogP contribution in [0.4, 0.5) is 0 Å². The van der Waals surface area contributed by atoms with E-state index < -0.39 is 5.92 Å². The van der Waals surface area contributed by atoms with Crippen LogP contribution in [-0.2, 0) is 0 Å². The largest absolute Gasteiger partial charge is 0.422 e. The van der Waals surface area contributed by atoms with E-state index in [2.05, 4.69) is 21.1 Å². The standard InChI is InChI=1S/C22H16N6O2/c1-12-18-19(16-11-26-17-5-3-2-4-14(16)17)15(10-23)20(24)30-22(18)28(27-12)21(29)13-6-8-25-9-7-13/h2-9,11,19,26H,24H2,1H3. The molecule has 0 bridgehead atoms. The third kappa shape index (κ3) is 2.49. The van der Waals surface area contributed by atoms with Crippen molar-refractivity contribution < 1.29 is 9.53 Å². The zero-order chi connectivity index (χ0) is 20.8. The van der Waals surface area contributed by atoms with E-state index in [1.54, 1.807) is 19.1 Å². The van der Waals surface area contributed by atoms with Gasteiger partial charge in [0.05, 0.1) is 17.2 Å². The number of carbonyl (C=O) groups is 1. The second-order valence-electron chi connectivity index (χ2n) is 6.97. The van der Waals surface area contributed by atoms with E-state index in [0.717, 1.165) is 16.5 Å². The normalized spacial score (nSPS) is 15.5. The Balaban J connectivity index is 1.74. The van der Waals surface area contributed by atoms with Gasteiger partial charge in [-0.1, -0.05) is 18.2 Å². The van der Waals surface area contributed by atoms with Crippen LogP contribution in [0.15, 0.2) is 66.4 Å². The number of aromatic amines is 1. The average Bonchev–Trinajstić information content (AvgIpc) is 3.34. The topological polar surface area (TPSA) is 123 Å². The lowest BCUT2D eigenvalue weighted by atomic mass is 9.84. The average molecular weight is 396 g/mol. The van der Waals surface area contributed by atoms with Gasteiger partial charge in [-0.3, -0.25) is 9.78 Å². The number of aromatic nitrogens is 4. The van der Waals surface area contributed by atoms with Crippen molar-refractivity contribution in [2.45, 2.75) is 12.8 Å². The van der Waals surface area contributed by atoms with Crippen LogP contribution in [0.2, 0.25) is 0 Å². The van der Waals surface area contributed by atoms with Crippen molar-refractivity contribution in [1.82, 2.24) is 19.7 Å². The van der Waals surface area contributed by atoms with Gasteiger partial charge in [0, 0.05) is 35.1 Å². The van der Waals surface area contributed by atoms with Crippen molar-refractivity contribution in [3.05, 3.63) is 88.8 Å². The second kappa shape index (κ2) is 6.60. The summed E-state index contributed by atoms with van der Waals surface area (Å²) in [5.41, 5.74) is 9.86. The van der Waals surface area contributed by atoms with Crippen LogP contribution in [0.5, 0.6) is 5.88 Å². The molecule has 0 spiro atoms. The van der Waals surface area contributed by atoms with E-state index in [0.29, 0.717) is 16.8 Å². The third-order valence-electron chi connectivity index (χ3n) is 5.28. The number of allylic oxidation sites excluding steroid dienone is 1. The van der Waals surface area contributed by atoms with Gasteiger partial charge in [0.2, 0.25) is 11.8 Å². The molecule has 4 aromatic rings. The molecule has 0 radical (unpaired) electrons. The number of para-hydroxylation sites is 1. The Labute approximate surface area is 171 Å². The van der Waals surface area contributed by atoms with Crippen LogP contribution in [0.1, 0.15) is 33.1 Å². The summed E-state index contributed by atoms with van der Waals surface area (Å²) in [6.45, 7) is 1.79. The van der Waals surface area contributed by atoms with E-state index in [1.165, 1.54) is 17.1 Å². The van der Waals surface area contributed by atoms with Crippen molar-refractivity contribution in [3.63, 3.8) is 0 Å². The maximum atomic E-state index is 13.1. The fourth-order valence-electron chi connectivity index (χ4n) is 3.91. The van der Waals surface area contributed by atoms with Gasteiger partial charge in [-0.05, 0) is 30.7 Å². The fourth-order valence-corrected chi connectivity index (χ4v) is 3.91. The molecule has 146 valence electrons. The smallest absolute Gasteiger partial charge is 0.281 e. The molecule has 8 nitrogen and oxygen atoms in total. The highest BCUT2D eigenvalue weighted by atomic mass is 16.5. The molecule has 8 heteroatoms. The first kappa shape index (κ1) is 17.7. The molecular weight excluding hydrogens is 380 g/mol. The summed E-state index contributed by atoms with van der Waals surface area (Å²) in [6.07, 6.45) is 4.93. The molecule has 3 N–H and O–H groups in total. The zero-order valence-electron chi connectivity index (χ0n) is 16.0. The minimum Gasteiger partial charge on any atom is -0.422 e. The van der Waals surface area contributed by atoms with E-state index in [9.17, 15) is 10.1 Å². The molecule has 4 heterocycles. The molecule has 1 aliphatic rings. The zero-order valence-corrected chi connectivity index (χ0v) is 16.0. The monoisotopic (exact) mass is 396 g/mol. The number of aryl methyl sites for hydroxylation is 1. The first-order valence-electron chi connectivity index (χ1n) is 9.28. The summed E-state index contributed by atoms with van der Waals surface area (Å²) in [5, 5.41) is 15.2. The Morgan fingerprint density at radius 3 is 2.80 bits per heavy atom. The highest BCUT2D eigenvalue weighted by Gasteiger charge is 2.38. The Kier molecular flexibility index (Phi) is 3.89. The molecule has 1 atom stereocenters. The van der Waals surface area contributed by atoms with Gasteiger partial charge in [-0.2, -0.15) is 15.0 Å². The number of nitrogens with one attached hydrogen (secondary N) is 1. The van der Waals surface area contributed by atoms with Gasteiger partial charge in [-0.25, -0.2) is 0 Å². The van der Waals surface area contributed by atoms with E-state index in [1.807, 2.05) is 30.5 Å². The van der Waals surface area contributed by atoms with Crippen LogP contribution < -0.4 is 10.5 Å². The molecule has 5 rings (SSSR count). The Hall–Kier alpha value is -4.38. The van der Waals surface area contributed by atoms with E-state index in [4.69, 9.17) is 10.5 Å². The van der Waals surface area contributed by atoms with Crippen LogP contribution in [-0.4, -0.2) is 25.7 Å². The van der Waals surface area contributed by atoms with E-state index in [-0.39, 0.29) is 23.2 Å². The van der Waals surface area contributed by atoms with Gasteiger partial charge in [0.1, 0.15) is 11.6 Å². The molecule has 1 aromatic carbocycles. The second-order valence-corrected chi connectivity index (χ2v) is 6.97. The summed E-state index contributed by atoms with van der Waals surface area (Å²) in [5.74, 6) is -0.688. The number of nitrogens with two attached hydrogens (primary N) is 1. The fraction of sp³-hybridized carbons (Fsp3) is 0.0909. The molecule has 1 aliphatic heterocycles. The maximum absolute atomic E-state index is 13.1. The van der Waals surface area contributed by atoms with Crippen molar-refractivity contribution in [3.8, 4) is 11.9 Å². The number of hydrogen-bond donors (Lipinski definition) is 2. The minimum absolute atomic E-state index is 0.0380. The summed E-state index contributed by atoms with van der Waals surface area (Å²) in [7, 11) is 0. The summed E-state index contributed by atoms with van der Waals surface area (Å²) in [4.78, 5) is 20.2. The first-order valence-corrected chi connectivity index (χ1v) is 9.28. The predicted octanol–water partition coefficient (Wildman–Crippen LogP) is 2.97. The lowest BCUT2D eigenvalue weighted by Gasteiger charge is -2.24. The molecule has 0 fully saturated rings. The SMILES string of the molecule is Cc1nn(C(=O)c2ccncc2)c2c1C(c1c[nH]c3ccccc13)C(C#N)=C(N)O2. The van der Waals surface area contributed by atoms with Gasteiger partial charge < -0.3 is 15.5 Å². The van der Waals surface area contributed by atoms with Gasteiger partial charge >= 0.3 is 0 Å². The quantitative estimate of drug-likeness (QED) is 0.537. The highest BCUT2D eigenvalue weighted by molar-refractivity contribution is 5.96. The van der Waals surface area contributed by atoms with Gasteiger partial charge in [0.15, 0.2) is 0 Å². The highest BCUT2D eigenvalue weighted by Crippen LogP contribution is 2.45. The molecule has 3 aromatic heterocycles. The number of benzene rings is 1. The van der Waals surface area contributed by atoms with Crippen molar-refractivity contribution in [2.75, 3.05) is 0 Å². The number of fused-ring (bicyclic) bond motifs is 2. The lowest BCUT2D eigenvalue weighted by Crippen LogP contribution is -2.24. The van der Waals surface area contributed by atoms with Crippen molar-refractivity contribution in [1.29, 1.82) is 5.26 Å². The predicted molar refractivity (Wildman–Crippen MR) is 109 cm³/mol. The lowest BCUT2D eigenvalue weighted by molar-refractivity contribution is 0.0933. The van der Waals surface area contributed by atoms with Crippen LogP contribution in [0.25, 0.3) is 10.9 Å². The first-order chi connectivity index (χ1) is 14.6. The molecule has 0 amide bonds. The summed E-state index contributed by atoms with van der Waals surface area (Å²) < 4.78 is 6.96. The van der Waals surface area contributed by atoms with Gasteiger partial charge in [-0.15, -0.1) is 0 Å². The minimum atomic E-state index is -0.506. The Morgan fingerprint density at radius 1 is 1.27 bits per heavy atom. The van der Waals surface area contributed by atoms with Crippen molar-refractivity contribution >= 4 is 16.8 Å². The number of rotatable bonds is 2. The van der Waals surface area contributed by atoms with Crippen LogP contribution in [0.3, 0.4) is 0 Å². The number of nitriles is 1. The molecule has 0 saturated carbocycles. The molecule has 1 unspecified atom stereocenters. The number of carbonyl (C=O) groups excluding carboxylic acids is 1. The molecule has 30 heavy (non-hydrogen) atoms. The van der Waals surface area contributed by atoms with Crippen molar-refractivity contribution in [2.24, 2.45) is 5.73 Å². The Morgan fingerprint density at radius 2 is 2.03 bits per heavy atom. The van der Waals surface area contributed by atoms with E-state index >= 15 is 0 Å².